The Kier molecular flexibility index (Phi) is 4.75. The maximum Gasteiger partial charge on any atom is 0.213 e. The minimum absolute atomic E-state index is 0.146. The van der Waals surface area contributed by atoms with E-state index < -0.39 is 15.7 Å². The molecule has 1 aromatic heterocycles. The molecule has 6 nitrogen and oxygen atoms in total. The minimum Gasteiger partial charge on any atom is -0.489 e. The van der Waals surface area contributed by atoms with Gasteiger partial charge in [0.15, 0.2) is 9.84 Å². The molecule has 2 heterocycles. The van der Waals surface area contributed by atoms with Gasteiger partial charge < -0.3 is 9.64 Å². The Hall–Kier alpha value is -2.96. The van der Waals surface area contributed by atoms with Crippen LogP contribution in [0.15, 0.2) is 52.9 Å². The highest BCUT2D eigenvalue weighted by atomic mass is 32.2. The van der Waals surface area contributed by atoms with Crippen molar-refractivity contribution in [1.82, 2.24) is 4.98 Å². The molecule has 0 aliphatic carbocycles. The molecule has 4 rings (SSSR count). The predicted molar refractivity (Wildman–Crippen MR) is 105 cm³/mol. The molecule has 0 unspecified atom stereocenters. The van der Waals surface area contributed by atoms with Gasteiger partial charge in [-0.25, -0.2) is 22.6 Å². The van der Waals surface area contributed by atoms with Crippen molar-refractivity contribution in [2.24, 2.45) is 0 Å². The number of sulfone groups is 1. The first-order valence-corrected chi connectivity index (χ1v) is 10.8. The quantitative estimate of drug-likeness (QED) is 0.593. The van der Waals surface area contributed by atoms with E-state index in [0.717, 1.165) is 0 Å². The number of nitrogens with zero attached hydrogens (tertiary/aromatic N) is 3. The molecule has 9 heteroatoms. The SMILES string of the molecule is [C-]#[N+]c1cc(F)ccc1N1CCOc2cc(S(=O)(=O)Cc3nccs3)ccc21. The first-order chi connectivity index (χ1) is 13.5. The third-order valence-electron chi connectivity index (χ3n) is 4.30. The van der Waals surface area contributed by atoms with Gasteiger partial charge in [-0.1, -0.05) is 0 Å². The Labute approximate surface area is 165 Å². The number of ether oxygens (including phenoxy) is 1. The van der Waals surface area contributed by atoms with Crippen LogP contribution in [0.2, 0.25) is 0 Å². The highest BCUT2D eigenvalue weighted by molar-refractivity contribution is 7.90. The molecule has 0 atom stereocenters. The molecule has 0 radical (unpaired) electrons. The van der Waals surface area contributed by atoms with Crippen molar-refractivity contribution in [1.29, 1.82) is 0 Å². The second-order valence-corrected chi connectivity index (χ2v) is 9.03. The number of aromatic nitrogens is 1. The highest BCUT2D eigenvalue weighted by Crippen LogP contribution is 2.42. The summed E-state index contributed by atoms with van der Waals surface area (Å²) in [5, 5.41) is 2.25. The van der Waals surface area contributed by atoms with Crippen LogP contribution >= 0.6 is 11.3 Å². The molecule has 1 aliphatic rings. The number of thiazole rings is 1. The number of benzene rings is 2. The molecule has 0 bridgehead atoms. The Bertz CT molecular complexity index is 1170. The molecule has 28 heavy (non-hydrogen) atoms. The first kappa shape index (κ1) is 18.4. The summed E-state index contributed by atoms with van der Waals surface area (Å²) in [4.78, 5) is 9.42. The summed E-state index contributed by atoms with van der Waals surface area (Å²) >= 11 is 1.29. The molecule has 0 spiro atoms. The summed E-state index contributed by atoms with van der Waals surface area (Å²) in [5.74, 6) is -0.244. The van der Waals surface area contributed by atoms with Gasteiger partial charge in [0.25, 0.3) is 0 Å². The molecule has 142 valence electrons. The number of hydrogen-bond donors (Lipinski definition) is 0. The normalized spacial score (nSPS) is 13.5. The van der Waals surface area contributed by atoms with Crippen LogP contribution < -0.4 is 9.64 Å². The zero-order valence-electron chi connectivity index (χ0n) is 14.5. The van der Waals surface area contributed by atoms with E-state index >= 15 is 0 Å². The van der Waals surface area contributed by atoms with Gasteiger partial charge in [-0.3, -0.25) is 0 Å². The molecular formula is C19H14FN3O3S2. The summed E-state index contributed by atoms with van der Waals surface area (Å²) in [6.45, 7) is 8.09. The fourth-order valence-electron chi connectivity index (χ4n) is 3.03. The van der Waals surface area contributed by atoms with Gasteiger partial charge in [0.05, 0.1) is 23.7 Å². The summed E-state index contributed by atoms with van der Waals surface area (Å²) in [6.07, 6.45) is 1.57. The molecule has 1 aliphatic heterocycles. The second-order valence-electron chi connectivity index (χ2n) is 6.06. The number of fused-ring (bicyclic) bond motifs is 1. The number of halogens is 1. The lowest BCUT2D eigenvalue weighted by atomic mass is 10.1. The summed E-state index contributed by atoms with van der Waals surface area (Å²) in [6, 6.07) is 8.69. The topological polar surface area (TPSA) is 63.9 Å². The number of rotatable bonds is 4. The molecule has 0 fully saturated rings. The van der Waals surface area contributed by atoms with Crippen LogP contribution in [0.25, 0.3) is 4.85 Å². The third kappa shape index (κ3) is 3.44. The average Bonchev–Trinajstić information content (AvgIpc) is 3.19. The highest BCUT2D eigenvalue weighted by Gasteiger charge is 2.25. The van der Waals surface area contributed by atoms with Crippen LogP contribution in [0, 0.1) is 12.4 Å². The van der Waals surface area contributed by atoms with E-state index in [-0.39, 0.29) is 16.3 Å². The fourth-order valence-corrected chi connectivity index (χ4v) is 5.30. The summed E-state index contributed by atoms with van der Waals surface area (Å²) in [5.41, 5.74) is 1.38. The van der Waals surface area contributed by atoms with Crippen molar-refractivity contribution in [2.45, 2.75) is 10.6 Å². The molecule has 0 saturated heterocycles. The zero-order chi connectivity index (χ0) is 19.7. The molecular weight excluding hydrogens is 401 g/mol. The maximum atomic E-state index is 13.5. The van der Waals surface area contributed by atoms with Gasteiger partial charge in [-0.05, 0) is 30.3 Å². The largest absolute Gasteiger partial charge is 0.489 e. The van der Waals surface area contributed by atoms with Crippen molar-refractivity contribution >= 4 is 38.2 Å². The van der Waals surface area contributed by atoms with Crippen molar-refractivity contribution in [3.8, 4) is 5.75 Å². The van der Waals surface area contributed by atoms with Crippen LogP contribution in [0.5, 0.6) is 5.75 Å². The lowest BCUT2D eigenvalue weighted by molar-refractivity contribution is 0.313. The van der Waals surface area contributed by atoms with Gasteiger partial charge in [-0.15, -0.1) is 11.3 Å². The van der Waals surface area contributed by atoms with Gasteiger partial charge in [0, 0.05) is 23.3 Å². The van der Waals surface area contributed by atoms with Crippen LogP contribution in [-0.2, 0) is 15.6 Å². The Morgan fingerprint density at radius 2 is 2.07 bits per heavy atom. The van der Waals surface area contributed by atoms with Crippen molar-refractivity contribution in [3.05, 3.63) is 70.2 Å². The van der Waals surface area contributed by atoms with E-state index in [4.69, 9.17) is 11.3 Å². The monoisotopic (exact) mass is 415 g/mol. The zero-order valence-corrected chi connectivity index (χ0v) is 16.1. The van der Waals surface area contributed by atoms with Crippen molar-refractivity contribution in [2.75, 3.05) is 18.1 Å². The van der Waals surface area contributed by atoms with E-state index in [1.165, 1.54) is 35.6 Å². The van der Waals surface area contributed by atoms with E-state index in [9.17, 15) is 12.8 Å². The fraction of sp³-hybridized carbons (Fsp3) is 0.158. The molecule has 0 saturated carbocycles. The van der Waals surface area contributed by atoms with Crippen LogP contribution in [0.1, 0.15) is 5.01 Å². The van der Waals surface area contributed by atoms with E-state index in [2.05, 4.69) is 9.83 Å². The maximum absolute atomic E-state index is 13.5. The lowest BCUT2D eigenvalue weighted by Gasteiger charge is -2.32. The minimum atomic E-state index is -3.57. The average molecular weight is 415 g/mol. The summed E-state index contributed by atoms with van der Waals surface area (Å²) < 4.78 is 44.5. The van der Waals surface area contributed by atoms with Crippen LogP contribution in [0.4, 0.5) is 21.5 Å². The Morgan fingerprint density at radius 3 is 2.82 bits per heavy atom. The Morgan fingerprint density at radius 1 is 1.25 bits per heavy atom. The van der Waals surface area contributed by atoms with Gasteiger partial charge in [0.1, 0.15) is 28.9 Å². The Balaban J connectivity index is 1.71. The van der Waals surface area contributed by atoms with Gasteiger partial charge in [0.2, 0.25) is 5.69 Å². The standard InChI is InChI=1S/C19H14FN3O3S2/c1-21-15-10-13(20)2-4-16(15)23-7-8-26-18-11-14(3-5-17(18)23)28(24,25)12-19-22-6-9-27-19/h2-6,9-11H,7-8,12H2. The van der Waals surface area contributed by atoms with Gasteiger partial charge >= 0.3 is 0 Å². The van der Waals surface area contributed by atoms with Crippen molar-refractivity contribution in [3.63, 3.8) is 0 Å². The molecule has 2 aromatic carbocycles. The van der Waals surface area contributed by atoms with E-state index in [0.29, 0.717) is 35.3 Å². The first-order valence-electron chi connectivity index (χ1n) is 8.30. The van der Waals surface area contributed by atoms with Crippen LogP contribution in [0.3, 0.4) is 0 Å². The summed E-state index contributed by atoms with van der Waals surface area (Å²) in [7, 11) is -3.57. The molecule has 0 amide bonds. The van der Waals surface area contributed by atoms with Crippen molar-refractivity contribution < 1.29 is 17.5 Å². The smallest absolute Gasteiger partial charge is 0.213 e. The van der Waals surface area contributed by atoms with E-state index in [1.54, 1.807) is 23.7 Å². The lowest BCUT2D eigenvalue weighted by Crippen LogP contribution is -2.28. The van der Waals surface area contributed by atoms with Gasteiger partial charge in [-0.2, -0.15) is 0 Å². The van der Waals surface area contributed by atoms with E-state index in [1.807, 2.05) is 4.90 Å². The third-order valence-corrected chi connectivity index (χ3v) is 6.89. The second kappa shape index (κ2) is 7.22. The number of hydrogen-bond acceptors (Lipinski definition) is 6. The molecule has 3 aromatic rings. The van der Waals surface area contributed by atoms with Crippen LogP contribution in [-0.4, -0.2) is 26.6 Å². The predicted octanol–water partition coefficient (Wildman–Crippen LogP) is 4.34. The number of anilines is 2. The molecule has 0 N–H and O–H groups in total.